The van der Waals surface area contributed by atoms with Crippen molar-refractivity contribution in [3.05, 3.63) is 0 Å². The van der Waals surface area contributed by atoms with Crippen LogP contribution in [0.1, 0.15) is 76.2 Å². The molecule has 1 unspecified atom stereocenters. The molecule has 0 radical (unpaired) electrons. The van der Waals surface area contributed by atoms with Gasteiger partial charge in [-0.15, -0.1) is 0 Å². The maximum Gasteiger partial charge on any atom is 0.501 e. The first-order valence-corrected chi connectivity index (χ1v) is 14.5. The van der Waals surface area contributed by atoms with Crippen LogP contribution in [0.3, 0.4) is 0 Å². The van der Waals surface area contributed by atoms with Gasteiger partial charge in [0.05, 0.1) is 5.92 Å². The summed E-state index contributed by atoms with van der Waals surface area (Å²) in [6, 6.07) is 0.451. The Bertz CT molecular complexity index is 421. The Morgan fingerprint density at radius 3 is 1.44 bits per heavy atom. The van der Waals surface area contributed by atoms with Crippen molar-refractivity contribution in [1.29, 1.82) is 0 Å². The predicted molar refractivity (Wildman–Crippen MR) is 116 cm³/mol. The Balaban J connectivity index is 5.62. The zero-order valence-electron chi connectivity index (χ0n) is 19.6. The second-order valence-electron chi connectivity index (χ2n) is 8.86. The van der Waals surface area contributed by atoms with Crippen molar-refractivity contribution in [2.75, 3.05) is 19.8 Å². The van der Waals surface area contributed by atoms with E-state index in [1.165, 1.54) is 0 Å². The summed E-state index contributed by atoms with van der Waals surface area (Å²) < 4.78 is 24.2. The standard InChI is InChI=1S/C20H44O5Si2/c1-12-22-26(23-13-2,24-14-3)15-18(8)19(21)25-27(16(4)5,17(6)7)20(9,10)11/h16-18H,12-15H2,1-11H3. The van der Waals surface area contributed by atoms with Gasteiger partial charge < -0.3 is 17.7 Å². The van der Waals surface area contributed by atoms with Gasteiger partial charge in [0, 0.05) is 25.9 Å². The molecule has 0 aliphatic heterocycles. The molecule has 0 aromatic rings. The second kappa shape index (κ2) is 11.1. The Labute approximate surface area is 170 Å². The fourth-order valence-electron chi connectivity index (χ4n) is 4.47. The fraction of sp³-hybridized carbons (Fsp3) is 0.950. The van der Waals surface area contributed by atoms with Crippen LogP contribution in [-0.2, 0) is 22.5 Å². The highest BCUT2D eigenvalue weighted by Gasteiger charge is 2.55. The molecule has 0 aromatic heterocycles. The third-order valence-electron chi connectivity index (χ3n) is 5.21. The van der Waals surface area contributed by atoms with Crippen LogP contribution in [-0.4, -0.2) is 42.9 Å². The lowest BCUT2D eigenvalue weighted by atomic mass is 10.2. The van der Waals surface area contributed by atoms with Crippen LogP contribution in [0.15, 0.2) is 0 Å². The molecule has 1 atom stereocenters. The van der Waals surface area contributed by atoms with Crippen molar-refractivity contribution in [2.24, 2.45) is 5.92 Å². The van der Waals surface area contributed by atoms with E-state index in [1.807, 2.05) is 27.7 Å². The Morgan fingerprint density at radius 2 is 1.19 bits per heavy atom. The summed E-state index contributed by atoms with van der Waals surface area (Å²) in [5.74, 6) is -0.469. The summed E-state index contributed by atoms with van der Waals surface area (Å²) in [7, 11) is -5.25. The molecule has 162 valence electrons. The molecule has 0 saturated carbocycles. The average molecular weight is 421 g/mol. The molecule has 7 heteroatoms. The molecule has 0 aliphatic carbocycles. The fourth-order valence-corrected chi connectivity index (χ4v) is 13.4. The van der Waals surface area contributed by atoms with Gasteiger partial charge in [-0.1, -0.05) is 55.4 Å². The van der Waals surface area contributed by atoms with Gasteiger partial charge in [0.2, 0.25) is 0 Å². The first-order valence-electron chi connectivity index (χ1n) is 10.5. The van der Waals surface area contributed by atoms with Crippen LogP contribution < -0.4 is 0 Å². The van der Waals surface area contributed by atoms with E-state index in [0.717, 1.165) is 0 Å². The molecule has 0 rings (SSSR count). The molecule has 0 spiro atoms. The van der Waals surface area contributed by atoms with Crippen LogP contribution in [0.25, 0.3) is 0 Å². The van der Waals surface area contributed by atoms with Crippen LogP contribution >= 0.6 is 0 Å². The van der Waals surface area contributed by atoms with Crippen molar-refractivity contribution in [1.82, 2.24) is 0 Å². The van der Waals surface area contributed by atoms with Crippen molar-refractivity contribution < 1.29 is 22.5 Å². The molecule has 0 heterocycles. The van der Waals surface area contributed by atoms with E-state index in [4.69, 9.17) is 17.7 Å². The summed E-state index contributed by atoms with van der Waals surface area (Å²) in [5, 5.41) is -0.0427. The lowest BCUT2D eigenvalue weighted by molar-refractivity contribution is -0.139. The summed E-state index contributed by atoms with van der Waals surface area (Å²) in [5.41, 5.74) is 0.669. The lowest BCUT2D eigenvalue weighted by Crippen LogP contribution is -2.55. The monoisotopic (exact) mass is 420 g/mol. The van der Waals surface area contributed by atoms with Gasteiger partial charge in [-0.25, -0.2) is 0 Å². The molecule has 0 aromatic carbocycles. The number of carbonyl (C=O) groups excluding carboxylic acids is 1. The summed E-state index contributed by atoms with van der Waals surface area (Å²) in [4.78, 5) is 13.2. The molecular weight excluding hydrogens is 376 g/mol. The van der Waals surface area contributed by atoms with E-state index < -0.39 is 17.1 Å². The Hall–Kier alpha value is -0.216. The summed E-state index contributed by atoms with van der Waals surface area (Å²) in [6.45, 7) is 24.6. The van der Waals surface area contributed by atoms with Crippen LogP contribution in [0, 0.1) is 5.92 Å². The highest BCUT2D eigenvalue weighted by atomic mass is 28.4. The maximum atomic E-state index is 13.2. The first-order chi connectivity index (χ1) is 12.3. The zero-order valence-corrected chi connectivity index (χ0v) is 21.6. The topological polar surface area (TPSA) is 54.0 Å². The largest absolute Gasteiger partial charge is 0.518 e. The lowest BCUT2D eigenvalue weighted by Gasteiger charge is -2.47. The molecule has 27 heavy (non-hydrogen) atoms. The third kappa shape index (κ3) is 6.66. The van der Waals surface area contributed by atoms with Crippen molar-refractivity contribution in [3.63, 3.8) is 0 Å². The van der Waals surface area contributed by atoms with Gasteiger partial charge in [0.25, 0.3) is 14.3 Å². The normalized spacial score (nSPS) is 14.7. The average Bonchev–Trinajstić information content (AvgIpc) is 2.50. The van der Waals surface area contributed by atoms with Gasteiger partial charge in [-0.3, -0.25) is 4.79 Å². The molecule has 0 N–H and O–H groups in total. The molecule has 5 nitrogen and oxygen atoms in total. The molecular formula is C20H44O5Si2. The van der Waals surface area contributed by atoms with Gasteiger partial charge >= 0.3 is 8.80 Å². The van der Waals surface area contributed by atoms with Crippen LogP contribution in [0.4, 0.5) is 0 Å². The molecule has 0 aliphatic rings. The van der Waals surface area contributed by atoms with E-state index in [1.54, 1.807) is 0 Å². The van der Waals surface area contributed by atoms with Gasteiger partial charge in [0.1, 0.15) is 0 Å². The Kier molecular flexibility index (Phi) is 11.0. The van der Waals surface area contributed by atoms with Gasteiger partial charge in [-0.2, -0.15) is 0 Å². The smallest absolute Gasteiger partial charge is 0.501 e. The van der Waals surface area contributed by atoms with Crippen molar-refractivity contribution in [3.8, 4) is 0 Å². The quantitative estimate of drug-likeness (QED) is 0.375. The van der Waals surface area contributed by atoms with Gasteiger partial charge in [-0.05, 0) is 36.9 Å². The van der Waals surface area contributed by atoms with E-state index in [0.29, 0.717) is 36.9 Å². The van der Waals surface area contributed by atoms with Crippen molar-refractivity contribution >= 4 is 23.1 Å². The SMILES string of the molecule is CCO[Si](CC(C)C(=O)O[Si](C(C)C)(C(C)C)C(C)(C)C)(OCC)OCC. The predicted octanol–water partition coefficient (Wildman–Crippen LogP) is 5.78. The number of hydrogen-bond acceptors (Lipinski definition) is 5. The highest BCUT2D eigenvalue weighted by molar-refractivity contribution is 6.80. The van der Waals surface area contributed by atoms with Crippen LogP contribution in [0.2, 0.25) is 22.2 Å². The highest BCUT2D eigenvalue weighted by Crippen LogP contribution is 2.51. The molecule has 0 fully saturated rings. The minimum absolute atomic E-state index is 0.0427. The molecule has 0 amide bonds. The summed E-state index contributed by atoms with van der Waals surface area (Å²) >= 11 is 0. The number of carbonyl (C=O) groups is 1. The minimum Gasteiger partial charge on any atom is -0.518 e. The van der Waals surface area contributed by atoms with E-state index in [2.05, 4.69) is 48.5 Å². The third-order valence-corrected chi connectivity index (χ3v) is 14.8. The maximum absolute atomic E-state index is 13.2. The zero-order chi connectivity index (χ0) is 21.5. The number of rotatable bonds is 12. The first kappa shape index (κ1) is 26.8. The molecule has 0 saturated heterocycles. The van der Waals surface area contributed by atoms with E-state index in [-0.39, 0.29) is 16.9 Å². The second-order valence-corrected chi connectivity index (χ2v) is 17.1. The number of hydrogen-bond donors (Lipinski definition) is 0. The van der Waals surface area contributed by atoms with Crippen molar-refractivity contribution in [2.45, 2.75) is 98.3 Å². The van der Waals surface area contributed by atoms with E-state index >= 15 is 0 Å². The van der Waals surface area contributed by atoms with E-state index in [9.17, 15) is 4.79 Å². The Morgan fingerprint density at radius 1 is 0.815 bits per heavy atom. The minimum atomic E-state index is -2.88. The molecule has 0 bridgehead atoms. The summed E-state index contributed by atoms with van der Waals surface area (Å²) in [6.07, 6.45) is 0. The van der Waals surface area contributed by atoms with Gasteiger partial charge in [0.15, 0.2) is 0 Å². The van der Waals surface area contributed by atoms with Crippen LogP contribution in [0.5, 0.6) is 0 Å².